The second-order valence-corrected chi connectivity index (χ2v) is 4.12. The fourth-order valence-electron chi connectivity index (χ4n) is 1.36. The molecule has 1 aromatic rings. The van der Waals surface area contributed by atoms with Crippen LogP contribution in [-0.4, -0.2) is 61.4 Å². The Hall–Kier alpha value is -1.66. The van der Waals surface area contributed by atoms with Crippen molar-refractivity contribution in [3.05, 3.63) is 23.9 Å². The van der Waals surface area contributed by atoms with Crippen LogP contribution in [0, 0.1) is 0 Å². The fraction of sp³-hybridized carbons (Fsp3) is 0.500. The Kier molecular flexibility index (Phi) is 5.54. The quantitative estimate of drug-likeness (QED) is 0.757. The van der Waals surface area contributed by atoms with Crippen molar-refractivity contribution in [2.75, 3.05) is 39.7 Å². The maximum atomic E-state index is 11.6. The molecule has 6 nitrogen and oxygen atoms in total. The largest absolute Gasteiger partial charge is 0.389 e. The number of amides is 1. The van der Waals surface area contributed by atoms with E-state index in [0.29, 0.717) is 17.9 Å². The molecule has 6 heteroatoms. The number of aromatic nitrogens is 1. The number of aliphatic hydroxyl groups excluding tert-OH is 1. The van der Waals surface area contributed by atoms with Crippen LogP contribution in [0.2, 0.25) is 0 Å². The molecule has 0 aliphatic carbocycles. The van der Waals surface area contributed by atoms with E-state index in [9.17, 15) is 9.90 Å². The highest BCUT2D eigenvalue weighted by atomic mass is 16.5. The van der Waals surface area contributed by atoms with E-state index in [1.807, 2.05) is 0 Å². The minimum atomic E-state index is -0.583. The zero-order chi connectivity index (χ0) is 13.5. The Labute approximate surface area is 107 Å². The Bertz CT molecular complexity index is 379. The van der Waals surface area contributed by atoms with Gasteiger partial charge in [-0.15, -0.1) is 0 Å². The lowest BCUT2D eigenvalue weighted by atomic mass is 10.2. The van der Waals surface area contributed by atoms with Crippen molar-refractivity contribution >= 4 is 11.7 Å². The lowest BCUT2D eigenvalue weighted by molar-refractivity contribution is 0.0727. The van der Waals surface area contributed by atoms with Gasteiger partial charge in [0.1, 0.15) is 5.82 Å². The molecule has 0 radical (unpaired) electrons. The monoisotopic (exact) mass is 253 g/mol. The van der Waals surface area contributed by atoms with Crippen LogP contribution in [0.3, 0.4) is 0 Å². The summed E-state index contributed by atoms with van der Waals surface area (Å²) in [5.74, 6) is 0.522. The van der Waals surface area contributed by atoms with E-state index in [1.54, 1.807) is 26.2 Å². The smallest absolute Gasteiger partial charge is 0.254 e. The van der Waals surface area contributed by atoms with Crippen molar-refractivity contribution < 1.29 is 14.6 Å². The number of carbonyl (C=O) groups is 1. The molecule has 1 amide bonds. The van der Waals surface area contributed by atoms with Gasteiger partial charge in [-0.2, -0.15) is 0 Å². The summed E-state index contributed by atoms with van der Waals surface area (Å²) < 4.78 is 4.81. The van der Waals surface area contributed by atoms with Crippen LogP contribution < -0.4 is 5.32 Å². The van der Waals surface area contributed by atoms with Gasteiger partial charge in [0.25, 0.3) is 5.91 Å². The standard InChI is InChI=1S/C12H19N3O3/c1-15(2)12(17)9-4-5-11(13-6-9)14-7-10(16)8-18-3/h4-6,10,16H,7-8H2,1-3H3,(H,13,14). The molecule has 1 atom stereocenters. The summed E-state index contributed by atoms with van der Waals surface area (Å²) >= 11 is 0. The number of methoxy groups -OCH3 is 1. The third kappa shape index (κ3) is 4.31. The van der Waals surface area contributed by atoms with E-state index >= 15 is 0 Å². The molecule has 0 saturated carbocycles. The summed E-state index contributed by atoms with van der Waals surface area (Å²) in [5, 5.41) is 12.4. The average Bonchev–Trinajstić information content (AvgIpc) is 2.36. The SMILES string of the molecule is COCC(O)CNc1ccc(C(=O)N(C)C)cn1. The number of carbonyl (C=O) groups excluding carboxylic acids is 1. The van der Waals surface area contributed by atoms with Crippen LogP contribution in [0.1, 0.15) is 10.4 Å². The molecule has 0 aliphatic rings. The van der Waals surface area contributed by atoms with Gasteiger partial charge in [-0.25, -0.2) is 4.98 Å². The van der Waals surface area contributed by atoms with Gasteiger partial charge in [-0.05, 0) is 12.1 Å². The topological polar surface area (TPSA) is 74.7 Å². The minimum Gasteiger partial charge on any atom is -0.389 e. The van der Waals surface area contributed by atoms with Gasteiger partial charge in [-0.1, -0.05) is 0 Å². The average molecular weight is 253 g/mol. The van der Waals surface area contributed by atoms with Gasteiger partial charge < -0.3 is 20.1 Å². The second-order valence-electron chi connectivity index (χ2n) is 4.12. The molecule has 1 unspecified atom stereocenters. The number of nitrogens with zero attached hydrogens (tertiary/aromatic N) is 2. The highest BCUT2D eigenvalue weighted by molar-refractivity contribution is 5.93. The third-order valence-electron chi connectivity index (χ3n) is 2.29. The molecule has 0 saturated heterocycles. The molecular weight excluding hydrogens is 234 g/mol. The van der Waals surface area contributed by atoms with Crippen LogP contribution in [0.5, 0.6) is 0 Å². The fourth-order valence-corrected chi connectivity index (χ4v) is 1.36. The number of nitrogens with one attached hydrogen (secondary N) is 1. The van der Waals surface area contributed by atoms with E-state index < -0.39 is 6.10 Å². The maximum absolute atomic E-state index is 11.6. The van der Waals surface area contributed by atoms with E-state index in [-0.39, 0.29) is 12.5 Å². The van der Waals surface area contributed by atoms with Crippen LogP contribution in [0.25, 0.3) is 0 Å². The first-order valence-electron chi connectivity index (χ1n) is 5.63. The first kappa shape index (κ1) is 14.4. The summed E-state index contributed by atoms with van der Waals surface area (Å²) in [6.45, 7) is 0.617. The van der Waals surface area contributed by atoms with E-state index in [1.165, 1.54) is 18.2 Å². The molecule has 1 aromatic heterocycles. The van der Waals surface area contributed by atoms with Crippen molar-refractivity contribution in [1.82, 2.24) is 9.88 Å². The van der Waals surface area contributed by atoms with E-state index in [4.69, 9.17) is 4.74 Å². The van der Waals surface area contributed by atoms with Gasteiger partial charge in [0.05, 0.1) is 18.3 Å². The summed E-state index contributed by atoms with van der Waals surface area (Å²) in [6.07, 6.45) is 0.924. The number of aliphatic hydroxyl groups is 1. The highest BCUT2D eigenvalue weighted by Gasteiger charge is 2.08. The molecule has 2 N–H and O–H groups in total. The lowest BCUT2D eigenvalue weighted by Gasteiger charge is -2.12. The van der Waals surface area contributed by atoms with Gasteiger partial charge >= 0.3 is 0 Å². The van der Waals surface area contributed by atoms with Gasteiger partial charge in [0.2, 0.25) is 0 Å². The van der Waals surface area contributed by atoms with Crippen molar-refractivity contribution in [3.8, 4) is 0 Å². The molecule has 1 heterocycles. The summed E-state index contributed by atoms with van der Waals surface area (Å²) in [7, 11) is 4.91. The Morgan fingerprint density at radius 2 is 2.28 bits per heavy atom. The van der Waals surface area contributed by atoms with Gasteiger partial charge in [0.15, 0.2) is 0 Å². The molecule has 0 aliphatic heterocycles. The van der Waals surface area contributed by atoms with E-state index in [0.717, 1.165) is 0 Å². The summed E-state index contributed by atoms with van der Waals surface area (Å²) in [5.41, 5.74) is 0.531. The van der Waals surface area contributed by atoms with Crippen LogP contribution in [0.15, 0.2) is 18.3 Å². The predicted molar refractivity (Wildman–Crippen MR) is 68.6 cm³/mol. The normalized spacial score (nSPS) is 12.0. The van der Waals surface area contributed by atoms with Crippen LogP contribution in [0.4, 0.5) is 5.82 Å². The van der Waals surface area contributed by atoms with Crippen LogP contribution >= 0.6 is 0 Å². The zero-order valence-electron chi connectivity index (χ0n) is 10.9. The molecule has 0 aromatic carbocycles. The highest BCUT2D eigenvalue weighted by Crippen LogP contribution is 2.06. The molecule has 18 heavy (non-hydrogen) atoms. The van der Waals surface area contributed by atoms with Crippen LogP contribution in [-0.2, 0) is 4.74 Å². The van der Waals surface area contributed by atoms with E-state index in [2.05, 4.69) is 10.3 Å². The molecule has 100 valence electrons. The maximum Gasteiger partial charge on any atom is 0.254 e. The Morgan fingerprint density at radius 3 is 2.78 bits per heavy atom. The number of pyridine rings is 1. The molecule has 0 spiro atoms. The van der Waals surface area contributed by atoms with Gasteiger partial charge in [-0.3, -0.25) is 4.79 Å². The molecule has 1 rings (SSSR count). The number of hydrogen-bond acceptors (Lipinski definition) is 5. The Morgan fingerprint density at radius 1 is 1.56 bits per heavy atom. The minimum absolute atomic E-state index is 0.0894. The first-order valence-corrected chi connectivity index (χ1v) is 5.63. The Balaban J connectivity index is 2.53. The summed E-state index contributed by atoms with van der Waals surface area (Å²) in [4.78, 5) is 17.2. The van der Waals surface area contributed by atoms with Crippen molar-refractivity contribution in [1.29, 1.82) is 0 Å². The number of ether oxygens (including phenoxy) is 1. The number of rotatable bonds is 6. The number of hydrogen-bond donors (Lipinski definition) is 2. The third-order valence-corrected chi connectivity index (χ3v) is 2.29. The first-order chi connectivity index (χ1) is 8.54. The van der Waals surface area contributed by atoms with Crippen molar-refractivity contribution in [2.24, 2.45) is 0 Å². The second kappa shape index (κ2) is 6.93. The molecular formula is C12H19N3O3. The molecule has 0 bridgehead atoms. The van der Waals surface area contributed by atoms with Gasteiger partial charge in [0, 0.05) is 33.9 Å². The van der Waals surface area contributed by atoms with Crippen molar-refractivity contribution in [2.45, 2.75) is 6.10 Å². The lowest BCUT2D eigenvalue weighted by Crippen LogP contribution is -2.25. The van der Waals surface area contributed by atoms with Crippen molar-refractivity contribution in [3.63, 3.8) is 0 Å². The summed E-state index contributed by atoms with van der Waals surface area (Å²) in [6, 6.07) is 3.40. The zero-order valence-corrected chi connectivity index (χ0v) is 10.9. The number of anilines is 1. The molecule has 0 fully saturated rings. The predicted octanol–water partition coefficient (Wildman–Crippen LogP) is 0.203.